The van der Waals surface area contributed by atoms with Crippen molar-refractivity contribution in [3.8, 4) is 5.75 Å². The summed E-state index contributed by atoms with van der Waals surface area (Å²) in [5, 5.41) is 11.6. The monoisotopic (exact) mass is 358 g/mol. The van der Waals surface area contributed by atoms with Crippen LogP contribution < -0.4 is 10.1 Å². The van der Waals surface area contributed by atoms with Crippen LogP contribution in [-0.4, -0.2) is 41.7 Å². The number of carboxylic acid groups (broad SMARTS) is 1. The minimum Gasteiger partial charge on any atom is -0.488 e. The van der Waals surface area contributed by atoms with Gasteiger partial charge in [0.25, 0.3) is 5.91 Å². The summed E-state index contributed by atoms with van der Waals surface area (Å²) in [6.45, 7) is 3.94. The summed E-state index contributed by atoms with van der Waals surface area (Å²) in [6, 6.07) is 6.00. The molecule has 0 aliphatic heterocycles. The number of hydrogen-bond acceptors (Lipinski definition) is 5. The van der Waals surface area contributed by atoms with Crippen molar-refractivity contribution in [1.29, 1.82) is 0 Å². The smallest absolute Gasteiger partial charge is 0.328 e. The van der Waals surface area contributed by atoms with Crippen LogP contribution in [0, 0.1) is 13.8 Å². The van der Waals surface area contributed by atoms with E-state index >= 15 is 0 Å². The van der Waals surface area contributed by atoms with Gasteiger partial charge in [-0.25, -0.2) is 4.79 Å². The molecule has 0 radical (unpaired) electrons. The number of nitrogens with one attached hydrogen (secondary N) is 1. The van der Waals surface area contributed by atoms with E-state index in [2.05, 4.69) is 10.3 Å². The van der Waals surface area contributed by atoms with Crippen molar-refractivity contribution in [1.82, 2.24) is 10.3 Å². The van der Waals surface area contributed by atoms with Crippen molar-refractivity contribution in [3.05, 3.63) is 58.9 Å². The molecule has 0 spiro atoms. The molecule has 2 aromatic rings. The van der Waals surface area contributed by atoms with Crippen LogP contribution in [0.2, 0.25) is 0 Å². The van der Waals surface area contributed by atoms with Crippen molar-refractivity contribution in [3.63, 3.8) is 0 Å². The van der Waals surface area contributed by atoms with E-state index < -0.39 is 17.9 Å². The van der Waals surface area contributed by atoms with Gasteiger partial charge in [-0.2, -0.15) is 0 Å². The molecule has 1 amide bonds. The van der Waals surface area contributed by atoms with Gasteiger partial charge in [0, 0.05) is 30.6 Å². The van der Waals surface area contributed by atoms with Gasteiger partial charge in [0.05, 0.1) is 6.61 Å². The van der Waals surface area contributed by atoms with E-state index in [1.54, 1.807) is 24.5 Å². The van der Waals surface area contributed by atoms with Gasteiger partial charge >= 0.3 is 5.97 Å². The van der Waals surface area contributed by atoms with Gasteiger partial charge in [-0.15, -0.1) is 0 Å². The molecule has 0 aliphatic carbocycles. The Bertz CT molecular complexity index is 754. The number of methoxy groups -OCH3 is 1. The van der Waals surface area contributed by atoms with E-state index in [9.17, 15) is 9.59 Å². The Hall–Kier alpha value is -2.93. The van der Waals surface area contributed by atoms with Crippen molar-refractivity contribution < 1.29 is 24.2 Å². The number of aryl methyl sites for hydroxylation is 2. The van der Waals surface area contributed by atoms with Crippen molar-refractivity contribution in [2.24, 2.45) is 0 Å². The van der Waals surface area contributed by atoms with Gasteiger partial charge in [-0.1, -0.05) is 6.07 Å². The Labute approximate surface area is 152 Å². The van der Waals surface area contributed by atoms with Crippen LogP contribution in [0.3, 0.4) is 0 Å². The number of hydrogen-bond donors (Lipinski definition) is 2. The highest BCUT2D eigenvalue weighted by molar-refractivity contribution is 5.97. The minimum atomic E-state index is -1.15. The molecule has 1 unspecified atom stereocenters. The van der Waals surface area contributed by atoms with Crippen LogP contribution in [-0.2, 0) is 16.1 Å². The fourth-order valence-electron chi connectivity index (χ4n) is 2.53. The maximum absolute atomic E-state index is 12.4. The number of carbonyl (C=O) groups is 2. The second-order valence-corrected chi connectivity index (χ2v) is 5.91. The maximum atomic E-state index is 12.4. The second kappa shape index (κ2) is 8.96. The van der Waals surface area contributed by atoms with Gasteiger partial charge in [-0.3, -0.25) is 9.78 Å². The highest BCUT2D eigenvalue weighted by Crippen LogP contribution is 2.25. The quantitative estimate of drug-likeness (QED) is 0.750. The lowest BCUT2D eigenvalue weighted by Crippen LogP contribution is -2.43. The molecule has 7 nitrogen and oxygen atoms in total. The van der Waals surface area contributed by atoms with Crippen LogP contribution in [0.4, 0.5) is 0 Å². The molecule has 138 valence electrons. The van der Waals surface area contributed by atoms with Crippen LogP contribution in [0.1, 0.15) is 27.0 Å². The number of ether oxygens (including phenoxy) is 2. The Morgan fingerprint density at radius 3 is 2.50 bits per heavy atom. The first kappa shape index (κ1) is 19.4. The lowest BCUT2D eigenvalue weighted by atomic mass is 10.0. The van der Waals surface area contributed by atoms with E-state index in [0.29, 0.717) is 17.9 Å². The van der Waals surface area contributed by atoms with Crippen molar-refractivity contribution >= 4 is 11.9 Å². The molecule has 26 heavy (non-hydrogen) atoms. The number of amides is 1. The molecule has 0 saturated heterocycles. The molecule has 0 fully saturated rings. The molecule has 2 rings (SSSR count). The first-order valence-corrected chi connectivity index (χ1v) is 8.08. The summed E-state index contributed by atoms with van der Waals surface area (Å²) in [7, 11) is 1.38. The average molecular weight is 358 g/mol. The zero-order chi connectivity index (χ0) is 19.1. The third kappa shape index (κ3) is 5.03. The number of pyridine rings is 1. The lowest BCUT2D eigenvalue weighted by Gasteiger charge is -2.16. The summed E-state index contributed by atoms with van der Waals surface area (Å²) in [5.41, 5.74) is 2.89. The standard InChI is InChI=1S/C19H22N2O5/c1-12-7-15(18(22)21-16(11-25-3)19(23)24)8-13(2)17(12)26-10-14-5-4-6-20-9-14/h4-9,16H,10-11H2,1-3H3,(H,21,22)(H,23,24). The van der Waals surface area contributed by atoms with Crippen LogP contribution in [0.5, 0.6) is 5.75 Å². The van der Waals surface area contributed by atoms with Crippen LogP contribution in [0.15, 0.2) is 36.7 Å². The number of benzene rings is 1. The predicted octanol–water partition coefficient (Wildman–Crippen LogP) is 2.11. The molecule has 0 saturated carbocycles. The summed E-state index contributed by atoms with van der Waals surface area (Å²) >= 11 is 0. The first-order valence-electron chi connectivity index (χ1n) is 8.08. The van der Waals surface area contributed by atoms with Crippen LogP contribution in [0.25, 0.3) is 0 Å². The summed E-state index contributed by atoms with van der Waals surface area (Å²) in [5.74, 6) is -0.929. The fourth-order valence-corrected chi connectivity index (χ4v) is 2.53. The molecule has 2 N–H and O–H groups in total. The molecule has 7 heteroatoms. The number of aromatic nitrogens is 1. The summed E-state index contributed by atoms with van der Waals surface area (Å²) < 4.78 is 10.7. The molecule has 1 heterocycles. The molecule has 0 aliphatic rings. The van der Waals surface area contributed by atoms with Gasteiger partial charge in [0.2, 0.25) is 0 Å². The van der Waals surface area contributed by atoms with Crippen LogP contribution >= 0.6 is 0 Å². The van der Waals surface area contributed by atoms with Gasteiger partial charge in [-0.05, 0) is 43.2 Å². The Balaban J connectivity index is 2.12. The van der Waals surface area contributed by atoms with E-state index in [0.717, 1.165) is 16.7 Å². The number of nitrogens with zero attached hydrogens (tertiary/aromatic N) is 1. The fraction of sp³-hybridized carbons (Fsp3) is 0.316. The number of rotatable bonds is 8. The Morgan fingerprint density at radius 2 is 1.96 bits per heavy atom. The molecule has 1 aromatic heterocycles. The first-order chi connectivity index (χ1) is 12.4. The second-order valence-electron chi connectivity index (χ2n) is 5.91. The maximum Gasteiger partial charge on any atom is 0.328 e. The lowest BCUT2D eigenvalue weighted by molar-refractivity contribution is -0.140. The number of aliphatic carboxylic acids is 1. The highest BCUT2D eigenvalue weighted by atomic mass is 16.5. The molecule has 1 aromatic carbocycles. The third-order valence-electron chi connectivity index (χ3n) is 3.77. The topological polar surface area (TPSA) is 97.8 Å². The van der Waals surface area contributed by atoms with E-state index in [1.807, 2.05) is 26.0 Å². The van der Waals surface area contributed by atoms with Gasteiger partial charge in [0.1, 0.15) is 12.4 Å². The zero-order valence-electron chi connectivity index (χ0n) is 15.0. The number of carboxylic acids is 1. The molecular weight excluding hydrogens is 336 g/mol. The van der Waals surface area contributed by atoms with E-state index in [-0.39, 0.29) is 6.61 Å². The molecule has 0 bridgehead atoms. The van der Waals surface area contributed by atoms with E-state index in [1.165, 1.54) is 7.11 Å². The zero-order valence-corrected chi connectivity index (χ0v) is 15.0. The van der Waals surface area contributed by atoms with Gasteiger partial charge in [0.15, 0.2) is 6.04 Å². The third-order valence-corrected chi connectivity index (χ3v) is 3.77. The number of carbonyl (C=O) groups excluding carboxylic acids is 1. The minimum absolute atomic E-state index is 0.106. The normalized spacial score (nSPS) is 11.7. The predicted molar refractivity (Wildman–Crippen MR) is 95.3 cm³/mol. The van der Waals surface area contributed by atoms with Crippen molar-refractivity contribution in [2.75, 3.05) is 13.7 Å². The van der Waals surface area contributed by atoms with E-state index in [4.69, 9.17) is 14.6 Å². The average Bonchev–Trinajstić information content (AvgIpc) is 2.61. The highest BCUT2D eigenvalue weighted by Gasteiger charge is 2.21. The molecular formula is C19H22N2O5. The Kier molecular flexibility index (Phi) is 6.68. The summed E-state index contributed by atoms with van der Waals surface area (Å²) in [4.78, 5) is 27.5. The molecule has 1 atom stereocenters. The summed E-state index contributed by atoms with van der Waals surface area (Å²) in [6.07, 6.45) is 3.43. The SMILES string of the molecule is COCC(NC(=O)c1cc(C)c(OCc2cccnc2)c(C)c1)C(=O)O. The Morgan fingerprint density at radius 1 is 1.27 bits per heavy atom. The largest absolute Gasteiger partial charge is 0.488 e. The van der Waals surface area contributed by atoms with Crippen molar-refractivity contribution in [2.45, 2.75) is 26.5 Å². The van der Waals surface area contributed by atoms with Gasteiger partial charge < -0.3 is 19.9 Å².